The van der Waals surface area contributed by atoms with Crippen molar-refractivity contribution in [1.29, 1.82) is 0 Å². The Morgan fingerprint density at radius 3 is 2.26 bits per heavy atom. The number of unbranched alkanes of at least 4 members (excludes halogenated alkanes) is 1. The van der Waals surface area contributed by atoms with Crippen LogP contribution in [0.25, 0.3) is 0 Å². The standard InChI is InChI=1S/C14H24N2O3/c17-13(3-1-2-4-14(18)19)15-11-7-9-16(10-8-11)12-5-6-12/h11-12H,1-10H2,(H,15,17)(H,18,19). The van der Waals surface area contributed by atoms with E-state index >= 15 is 0 Å². The first kappa shape index (κ1) is 14.3. The van der Waals surface area contributed by atoms with E-state index in [9.17, 15) is 9.59 Å². The molecule has 108 valence electrons. The number of hydrogen-bond donors (Lipinski definition) is 2. The molecule has 0 aromatic carbocycles. The number of carbonyl (C=O) groups excluding carboxylic acids is 1. The Balaban J connectivity index is 1.54. The Labute approximate surface area is 114 Å². The van der Waals surface area contributed by atoms with Crippen LogP contribution in [-0.2, 0) is 9.59 Å². The number of amides is 1. The number of nitrogens with one attached hydrogen (secondary N) is 1. The number of carboxylic acid groups (broad SMARTS) is 1. The number of likely N-dealkylation sites (tertiary alicyclic amines) is 1. The molecule has 1 amide bonds. The van der Waals surface area contributed by atoms with Crippen molar-refractivity contribution in [3.8, 4) is 0 Å². The lowest BCUT2D eigenvalue weighted by Crippen LogP contribution is -2.45. The molecule has 0 spiro atoms. The topological polar surface area (TPSA) is 69.6 Å². The van der Waals surface area contributed by atoms with Gasteiger partial charge < -0.3 is 15.3 Å². The zero-order valence-electron chi connectivity index (χ0n) is 11.4. The van der Waals surface area contributed by atoms with E-state index < -0.39 is 5.97 Å². The van der Waals surface area contributed by atoms with Crippen LogP contribution in [0.5, 0.6) is 0 Å². The lowest BCUT2D eigenvalue weighted by Gasteiger charge is -2.32. The molecule has 1 aliphatic carbocycles. The molecule has 5 heteroatoms. The third-order valence-electron chi connectivity index (χ3n) is 4.00. The SMILES string of the molecule is O=C(O)CCCCC(=O)NC1CCN(C2CC2)CC1. The van der Waals surface area contributed by atoms with E-state index in [-0.39, 0.29) is 12.3 Å². The van der Waals surface area contributed by atoms with Gasteiger partial charge in [-0.1, -0.05) is 0 Å². The first-order chi connectivity index (χ1) is 9.15. The van der Waals surface area contributed by atoms with Gasteiger partial charge in [0, 0.05) is 38.0 Å². The van der Waals surface area contributed by atoms with E-state index in [1.54, 1.807) is 0 Å². The van der Waals surface area contributed by atoms with Crippen LogP contribution < -0.4 is 5.32 Å². The summed E-state index contributed by atoms with van der Waals surface area (Å²) in [6, 6.07) is 1.15. The molecule has 1 heterocycles. The van der Waals surface area contributed by atoms with E-state index in [0.717, 1.165) is 32.0 Å². The fourth-order valence-electron chi connectivity index (χ4n) is 2.71. The maximum absolute atomic E-state index is 11.7. The van der Waals surface area contributed by atoms with E-state index in [1.807, 2.05) is 0 Å². The molecular weight excluding hydrogens is 244 g/mol. The molecule has 2 rings (SSSR count). The van der Waals surface area contributed by atoms with Gasteiger partial charge in [-0.2, -0.15) is 0 Å². The molecule has 1 saturated carbocycles. The van der Waals surface area contributed by atoms with Crippen molar-refractivity contribution in [2.45, 2.75) is 63.5 Å². The fraction of sp³-hybridized carbons (Fsp3) is 0.857. The molecule has 5 nitrogen and oxygen atoms in total. The first-order valence-corrected chi connectivity index (χ1v) is 7.40. The Kier molecular flexibility index (Phi) is 5.19. The van der Waals surface area contributed by atoms with Crippen LogP contribution in [0.2, 0.25) is 0 Å². The molecule has 0 aromatic rings. The molecule has 1 saturated heterocycles. The summed E-state index contributed by atoms with van der Waals surface area (Å²) in [7, 11) is 0. The summed E-state index contributed by atoms with van der Waals surface area (Å²) >= 11 is 0. The van der Waals surface area contributed by atoms with Crippen LogP contribution in [0.15, 0.2) is 0 Å². The van der Waals surface area contributed by atoms with Crippen molar-refractivity contribution in [1.82, 2.24) is 10.2 Å². The molecule has 0 unspecified atom stereocenters. The Bertz CT molecular complexity index is 321. The molecule has 1 aliphatic heterocycles. The molecule has 19 heavy (non-hydrogen) atoms. The summed E-state index contributed by atoms with van der Waals surface area (Å²) in [5.41, 5.74) is 0. The highest BCUT2D eigenvalue weighted by atomic mass is 16.4. The Hall–Kier alpha value is -1.10. The van der Waals surface area contributed by atoms with Crippen LogP contribution in [0, 0.1) is 0 Å². The number of carboxylic acids is 1. The van der Waals surface area contributed by atoms with Crippen LogP contribution in [-0.4, -0.2) is 47.1 Å². The van der Waals surface area contributed by atoms with Crippen LogP contribution in [0.1, 0.15) is 51.4 Å². The minimum Gasteiger partial charge on any atom is -0.481 e. The highest BCUT2D eigenvalue weighted by Crippen LogP contribution is 2.29. The van der Waals surface area contributed by atoms with Gasteiger partial charge >= 0.3 is 5.97 Å². The summed E-state index contributed by atoms with van der Waals surface area (Å²) < 4.78 is 0. The predicted octanol–water partition coefficient (Wildman–Crippen LogP) is 1.37. The Morgan fingerprint density at radius 2 is 1.68 bits per heavy atom. The van der Waals surface area contributed by atoms with Crippen LogP contribution >= 0.6 is 0 Å². The largest absolute Gasteiger partial charge is 0.481 e. The predicted molar refractivity (Wildman–Crippen MR) is 71.9 cm³/mol. The number of carbonyl (C=O) groups is 2. The monoisotopic (exact) mass is 268 g/mol. The fourth-order valence-corrected chi connectivity index (χ4v) is 2.71. The zero-order chi connectivity index (χ0) is 13.7. The molecule has 2 aliphatic rings. The van der Waals surface area contributed by atoms with Gasteiger partial charge in [-0.3, -0.25) is 9.59 Å². The number of rotatable bonds is 7. The molecular formula is C14H24N2O3. The van der Waals surface area contributed by atoms with Crippen molar-refractivity contribution in [2.24, 2.45) is 0 Å². The molecule has 0 radical (unpaired) electrons. The van der Waals surface area contributed by atoms with E-state index in [2.05, 4.69) is 10.2 Å². The number of nitrogens with zero attached hydrogens (tertiary/aromatic N) is 1. The van der Waals surface area contributed by atoms with Gasteiger partial charge in [0.2, 0.25) is 5.91 Å². The average molecular weight is 268 g/mol. The van der Waals surface area contributed by atoms with E-state index in [1.165, 1.54) is 12.8 Å². The second-order valence-corrected chi connectivity index (χ2v) is 5.71. The second-order valence-electron chi connectivity index (χ2n) is 5.71. The highest BCUT2D eigenvalue weighted by Gasteiger charge is 2.31. The van der Waals surface area contributed by atoms with E-state index in [4.69, 9.17) is 5.11 Å². The van der Waals surface area contributed by atoms with E-state index in [0.29, 0.717) is 25.3 Å². The molecule has 0 bridgehead atoms. The van der Waals surface area contributed by atoms with Gasteiger partial charge in [-0.15, -0.1) is 0 Å². The maximum Gasteiger partial charge on any atom is 0.303 e. The lowest BCUT2D eigenvalue weighted by molar-refractivity contribution is -0.137. The van der Waals surface area contributed by atoms with Crippen molar-refractivity contribution < 1.29 is 14.7 Å². The minimum atomic E-state index is -0.784. The van der Waals surface area contributed by atoms with Crippen molar-refractivity contribution >= 4 is 11.9 Å². The van der Waals surface area contributed by atoms with Gasteiger partial charge in [0.1, 0.15) is 0 Å². The molecule has 0 atom stereocenters. The first-order valence-electron chi connectivity index (χ1n) is 7.40. The van der Waals surface area contributed by atoms with Crippen LogP contribution in [0.4, 0.5) is 0 Å². The van der Waals surface area contributed by atoms with Gasteiger partial charge in [0.05, 0.1) is 0 Å². The maximum atomic E-state index is 11.7. The quantitative estimate of drug-likeness (QED) is 0.684. The van der Waals surface area contributed by atoms with Crippen molar-refractivity contribution in [3.63, 3.8) is 0 Å². The molecule has 2 N–H and O–H groups in total. The normalized spacial score (nSPS) is 21.3. The van der Waals surface area contributed by atoms with Crippen molar-refractivity contribution in [3.05, 3.63) is 0 Å². The van der Waals surface area contributed by atoms with Crippen LogP contribution in [0.3, 0.4) is 0 Å². The minimum absolute atomic E-state index is 0.0789. The summed E-state index contributed by atoms with van der Waals surface area (Å²) in [5, 5.41) is 11.6. The number of aliphatic carboxylic acids is 1. The number of hydrogen-bond acceptors (Lipinski definition) is 3. The summed E-state index contributed by atoms with van der Waals surface area (Å²) in [6.07, 6.45) is 6.67. The summed E-state index contributed by atoms with van der Waals surface area (Å²) in [4.78, 5) is 24.6. The van der Waals surface area contributed by atoms with Gasteiger partial charge in [-0.25, -0.2) is 0 Å². The third kappa shape index (κ3) is 5.19. The van der Waals surface area contributed by atoms with Gasteiger partial charge in [0.25, 0.3) is 0 Å². The molecule has 2 fully saturated rings. The average Bonchev–Trinajstić information content (AvgIpc) is 3.20. The Morgan fingerprint density at radius 1 is 1.05 bits per heavy atom. The van der Waals surface area contributed by atoms with Gasteiger partial charge in [-0.05, 0) is 38.5 Å². The third-order valence-corrected chi connectivity index (χ3v) is 4.00. The summed E-state index contributed by atoms with van der Waals surface area (Å²) in [6.45, 7) is 2.21. The molecule has 0 aromatic heterocycles. The smallest absolute Gasteiger partial charge is 0.303 e. The second kappa shape index (κ2) is 6.89. The summed E-state index contributed by atoms with van der Waals surface area (Å²) in [5.74, 6) is -0.705. The highest BCUT2D eigenvalue weighted by molar-refractivity contribution is 5.76. The zero-order valence-corrected chi connectivity index (χ0v) is 11.4. The number of piperidine rings is 1. The lowest BCUT2D eigenvalue weighted by atomic mass is 10.0. The van der Waals surface area contributed by atoms with Gasteiger partial charge in [0.15, 0.2) is 0 Å². The van der Waals surface area contributed by atoms with Crippen molar-refractivity contribution in [2.75, 3.05) is 13.1 Å².